The normalized spacial score (nSPS) is 9.15. The average molecular weight is 254 g/mol. The van der Waals surface area contributed by atoms with Gasteiger partial charge in [-0.25, -0.2) is 20.1 Å². The number of hydrogen-bond acceptors (Lipinski definition) is 0. The Bertz CT molecular complexity index is 233. The molecule has 0 aliphatic rings. The van der Waals surface area contributed by atoms with Gasteiger partial charge in [0.2, 0.25) is 0 Å². The molecule has 4 heteroatoms. The smallest absolute Gasteiger partial charge is 0.234 e. The third-order valence-corrected chi connectivity index (χ3v) is 3.81. The largest absolute Gasteiger partial charge is 0.519 e. The van der Waals surface area contributed by atoms with Gasteiger partial charge in [0.1, 0.15) is 0 Å². The maximum atomic E-state index is 5.76. The monoisotopic (exact) mass is 252 g/mol. The lowest BCUT2D eigenvalue weighted by Gasteiger charge is -1.99. The third kappa shape index (κ3) is 5.84. The van der Waals surface area contributed by atoms with Crippen LogP contribution in [0, 0.1) is 6.92 Å². The first-order valence-electron chi connectivity index (χ1n) is 4.02. The highest BCUT2D eigenvalue weighted by Crippen LogP contribution is 2.10. The predicted octanol–water partition coefficient (Wildman–Crippen LogP) is 3.93. The van der Waals surface area contributed by atoms with E-state index in [0.717, 1.165) is 11.7 Å². The predicted molar refractivity (Wildman–Crippen MR) is 64.4 cm³/mol. The quantitative estimate of drug-likeness (QED) is 0.716. The van der Waals surface area contributed by atoms with Gasteiger partial charge in [0.05, 0.1) is 0 Å². The minimum atomic E-state index is -1.41. The first-order chi connectivity index (χ1) is 5.68. The van der Waals surface area contributed by atoms with Gasteiger partial charge in [0.25, 0.3) is 0 Å². The van der Waals surface area contributed by atoms with Crippen LogP contribution in [-0.4, -0.2) is 12.3 Å². The maximum absolute atomic E-state index is 5.76. The molecular formula is C9H12AlCl3. The summed E-state index contributed by atoms with van der Waals surface area (Å²) in [6, 6.07) is 8.52. The minimum Gasteiger partial charge on any atom is -0.234 e. The summed E-state index contributed by atoms with van der Waals surface area (Å²) in [7, 11) is 11.5. The van der Waals surface area contributed by atoms with Crippen molar-refractivity contribution in [3.05, 3.63) is 35.4 Å². The molecule has 1 rings (SSSR count). The molecule has 72 valence electrons. The Labute approximate surface area is 98.4 Å². The molecule has 0 aliphatic carbocycles. The van der Waals surface area contributed by atoms with Gasteiger partial charge in [0.15, 0.2) is 0 Å². The average Bonchev–Trinajstić information content (AvgIpc) is 2.03. The molecule has 0 unspecified atom stereocenters. The first-order valence-corrected chi connectivity index (χ1v) is 8.33. The van der Waals surface area contributed by atoms with Crippen LogP contribution in [0.2, 0.25) is 5.28 Å². The molecule has 0 heterocycles. The number of benzene rings is 1. The molecule has 0 saturated heterocycles. The molecular weight excluding hydrogens is 241 g/mol. The highest BCUT2D eigenvalue weighted by atomic mass is 35.7. The molecule has 0 fully saturated rings. The van der Waals surface area contributed by atoms with Gasteiger partial charge < -0.3 is 0 Å². The topological polar surface area (TPSA) is 0 Å². The van der Waals surface area contributed by atoms with Crippen molar-refractivity contribution in [2.45, 2.75) is 18.6 Å². The van der Waals surface area contributed by atoms with E-state index in [-0.39, 0.29) is 12.4 Å². The molecule has 0 aromatic heterocycles. The van der Waals surface area contributed by atoms with Crippen LogP contribution >= 0.6 is 32.5 Å². The summed E-state index contributed by atoms with van der Waals surface area (Å²) < 4.78 is 0. The molecule has 1 aromatic rings. The fourth-order valence-electron chi connectivity index (χ4n) is 1.03. The van der Waals surface area contributed by atoms with Gasteiger partial charge in [-0.2, -0.15) is 0 Å². The highest BCUT2D eigenvalue weighted by Gasteiger charge is 2.09. The van der Waals surface area contributed by atoms with Crippen LogP contribution in [0.4, 0.5) is 0 Å². The molecule has 0 spiro atoms. The Morgan fingerprint density at radius 2 is 1.69 bits per heavy atom. The zero-order chi connectivity index (χ0) is 8.97. The van der Waals surface area contributed by atoms with E-state index < -0.39 is 12.3 Å². The van der Waals surface area contributed by atoms with Crippen molar-refractivity contribution in [2.75, 3.05) is 0 Å². The van der Waals surface area contributed by atoms with Gasteiger partial charge in [-0.15, -0.1) is 12.4 Å². The van der Waals surface area contributed by atoms with E-state index in [1.54, 1.807) is 0 Å². The van der Waals surface area contributed by atoms with E-state index in [0.29, 0.717) is 0 Å². The summed E-state index contributed by atoms with van der Waals surface area (Å²) in [4.78, 5) is 0. The zero-order valence-electron chi connectivity index (χ0n) is 7.47. The number of hydrogen-bond donors (Lipinski definition) is 0. The van der Waals surface area contributed by atoms with E-state index in [4.69, 9.17) is 20.1 Å². The highest BCUT2D eigenvalue weighted by molar-refractivity contribution is 7.33. The molecule has 0 bridgehead atoms. The van der Waals surface area contributed by atoms with E-state index >= 15 is 0 Å². The second-order valence-corrected chi connectivity index (χ2v) is 8.11. The van der Waals surface area contributed by atoms with Crippen molar-refractivity contribution in [3.8, 4) is 0 Å². The fourth-order valence-corrected chi connectivity index (χ4v) is 2.24. The van der Waals surface area contributed by atoms with Crippen LogP contribution in [0.5, 0.6) is 0 Å². The Hall–Kier alpha value is 0.622. The van der Waals surface area contributed by atoms with Gasteiger partial charge in [-0.05, 0) is 18.9 Å². The third-order valence-electron chi connectivity index (χ3n) is 1.77. The summed E-state index contributed by atoms with van der Waals surface area (Å²) in [5.74, 6) is 0. The van der Waals surface area contributed by atoms with Crippen molar-refractivity contribution in [3.63, 3.8) is 0 Å². The summed E-state index contributed by atoms with van der Waals surface area (Å²) in [5, 5.41) is 0.964. The molecule has 0 radical (unpaired) electrons. The van der Waals surface area contributed by atoms with E-state index in [9.17, 15) is 0 Å². The molecule has 0 aliphatic heterocycles. The minimum absolute atomic E-state index is 0. The van der Waals surface area contributed by atoms with Gasteiger partial charge >= 0.3 is 12.3 Å². The fraction of sp³-hybridized carbons (Fsp3) is 0.333. The SMILES string of the molecule is Cc1ccc(C[CH2][Al]([Cl])[Cl])cc1.Cl. The van der Waals surface area contributed by atoms with Crippen LogP contribution in [0.15, 0.2) is 24.3 Å². The van der Waals surface area contributed by atoms with Crippen LogP contribution < -0.4 is 0 Å². The number of rotatable bonds is 3. The molecule has 0 N–H and O–H groups in total. The summed E-state index contributed by atoms with van der Waals surface area (Å²) in [6.45, 7) is 2.09. The Morgan fingerprint density at radius 1 is 1.15 bits per heavy atom. The molecule has 0 saturated carbocycles. The Kier molecular flexibility index (Phi) is 7.32. The van der Waals surface area contributed by atoms with Crippen LogP contribution in [0.25, 0.3) is 0 Å². The zero-order valence-corrected chi connectivity index (χ0v) is 10.9. The summed E-state index contributed by atoms with van der Waals surface area (Å²) in [5.41, 5.74) is 2.63. The molecule has 0 amide bonds. The number of halogens is 3. The Balaban J connectivity index is 0.00000144. The van der Waals surface area contributed by atoms with Gasteiger partial charge in [-0.1, -0.05) is 35.1 Å². The Morgan fingerprint density at radius 3 is 2.15 bits per heavy atom. The lowest BCUT2D eigenvalue weighted by molar-refractivity contribution is 1.12. The maximum Gasteiger partial charge on any atom is 0.519 e. The molecule has 1 aromatic carbocycles. The van der Waals surface area contributed by atoms with Crippen molar-refractivity contribution >= 4 is 44.8 Å². The van der Waals surface area contributed by atoms with Crippen LogP contribution in [0.3, 0.4) is 0 Å². The lowest BCUT2D eigenvalue weighted by atomic mass is 10.1. The van der Waals surface area contributed by atoms with Crippen molar-refractivity contribution in [2.24, 2.45) is 0 Å². The van der Waals surface area contributed by atoms with E-state index in [1.165, 1.54) is 11.1 Å². The van der Waals surface area contributed by atoms with Gasteiger partial charge in [-0.3, -0.25) is 0 Å². The standard InChI is InChI=1S/C9H11.Al.3ClH/c1-3-9-6-4-8(2)5-7-9;;;;/h4-7H,1,3H2,2H3;;3*1H/q;+2;;;/p-2. The van der Waals surface area contributed by atoms with Gasteiger partial charge in [0, 0.05) is 0 Å². The molecule has 0 atom stereocenters. The summed E-state index contributed by atoms with van der Waals surface area (Å²) in [6.07, 6.45) is 1.02. The number of aryl methyl sites for hydroxylation is 2. The molecule has 0 nitrogen and oxygen atoms in total. The first kappa shape index (κ1) is 13.6. The van der Waals surface area contributed by atoms with E-state index in [1.807, 2.05) is 0 Å². The second kappa shape index (κ2) is 6.99. The van der Waals surface area contributed by atoms with Crippen molar-refractivity contribution < 1.29 is 0 Å². The van der Waals surface area contributed by atoms with E-state index in [2.05, 4.69) is 31.2 Å². The lowest BCUT2D eigenvalue weighted by Crippen LogP contribution is -1.95. The van der Waals surface area contributed by atoms with Crippen molar-refractivity contribution in [1.82, 2.24) is 0 Å². The van der Waals surface area contributed by atoms with Crippen LogP contribution in [-0.2, 0) is 6.42 Å². The molecule has 13 heavy (non-hydrogen) atoms. The van der Waals surface area contributed by atoms with Crippen molar-refractivity contribution in [1.29, 1.82) is 0 Å². The second-order valence-electron chi connectivity index (χ2n) is 2.92. The van der Waals surface area contributed by atoms with Crippen LogP contribution in [0.1, 0.15) is 11.1 Å². The summed E-state index contributed by atoms with van der Waals surface area (Å²) >= 11 is -1.41.